The molecule has 0 aliphatic carbocycles. The summed E-state index contributed by atoms with van der Waals surface area (Å²) in [6, 6.07) is 0. The molecule has 1 rings (SSSR count). The third-order valence-electron chi connectivity index (χ3n) is 2.74. The van der Waals surface area contributed by atoms with E-state index in [1.165, 1.54) is 0 Å². The lowest BCUT2D eigenvalue weighted by molar-refractivity contribution is 0.114. The molecule has 16 heavy (non-hydrogen) atoms. The number of hydrogen-bond acceptors (Lipinski definition) is 5. The minimum atomic E-state index is -0.504. The number of hydrogen-bond donors (Lipinski definition) is 1. The summed E-state index contributed by atoms with van der Waals surface area (Å²) in [7, 11) is 0. The van der Waals surface area contributed by atoms with E-state index in [-0.39, 0.29) is 0 Å². The molecule has 1 aromatic rings. The van der Waals surface area contributed by atoms with Crippen molar-refractivity contribution in [2.75, 3.05) is 6.61 Å². The van der Waals surface area contributed by atoms with E-state index in [2.05, 4.69) is 17.1 Å². The monoisotopic (exact) mass is 227 g/mol. The summed E-state index contributed by atoms with van der Waals surface area (Å²) in [5.41, 5.74) is 5.65. The fourth-order valence-electron chi connectivity index (χ4n) is 1.38. The van der Waals surface area contributed by atoms with Crippen LogP contribution in [0, 0.1) is 0 Å². The van der Waals surface area contributed by atoms with E-state index in [9.17, 15) is 0 Å². The Morgan fingerprint density at radius 1 is 1.31 bits per heavy atom. The molecule has 1 heterocycles. The molecule has 0 aromatic carbocycles. The molecule has 2 N–H and O–H groups in total. The van der Waals surface area contributed by atoms with Gasteiger partial charge >= 0.3 is 0 Å². The molecule has 0 unspecified atom stereocenters. The topological polar surface area (TPSA) is 74.2 Å². The van der Waals surface area contributed by atoms with Gasteiger partial charge in [0.15, 0.2) is 5.82 Å². The van der Waals surface area contributed by atoms with Gasteiger partial charge in [-0.2, -0.15) is 4.98 Å². The number of aromatic nitrogens is 2. The Kier molecular flexibility index (Phi) is 4.89. The van der Waals surface area contributed by atoms with Crippen LogP contribution >= 0.6 is 0 Å². The summed E-state index contributed by atoms with van der Waals surface area (Å²) in [6.45, 7) is 7.18. The first-order valence-electron chi connectivity index (χ1n) is 5.86. The molecule has 0 fully saturated rings. The van der Waals surface area contributed by atoms with Gasteiger partial charge in [-0.1, -0.05) is 25.9 Å². The van der Waals surface area contributed by atoms with Crippen molar-refractivity contribution in [2.45, 2.75) is 52.2 Å². The van der Waals surface area contributed by atoms with Crippen molar-refractivity contribution in [1.29, 1.82) is 0 Å². The van der Waals surface area contributed by atoms with Gasteiger partial charge in [0.05, 0.1) is 5.54 Å². The smallest absolute Gasteiger partial charge is 0.246 e. The van der Waals surface area contributed by atoms with Gasteiger partial charge in [0.2, 0.25) is 5.89 Å². The highest BCUT2D eigenvalue weighted by molar-refractivity contribution is 5.00. The molecule has 0 aliphatic rings. The van der Waals surface area contributed by atoms with Crippen molar-refractivity contribution < 1.29 is 9.26 Å². The van der Waals surface area contributed by atoms with Gasteiger partial charge in [0, 0.05) is 6.61 Å². The van der Waals surface area contributed by atoms with Gasteiger partial charge in [-0.05, 0) is 19.3 Å². The van der Waals surface area contributed by atoms with Crippen LogP contribution in [0.4, 0.5) is 0 Å². The summed E-state index contributed by atoms with van der Waals surface area (Å²) in [5.74, 6) is 1.08. The Bertz CT molecular complexity index is 308. The molecule has 0 radical (unpaired) electrons. The fraction of sp³-hybridized carbons (Fsp3) is 0.818. The minimum Gasteiger partial charge on any atom is -0.373 e. The Labute approximate surface area is 96.4 Å². The van der Waals surface area contributed by atoms with Gasteiger partial charge in [0.25, 0.3) is 0 Å². The normalized spacial score (nSPS) is 12.0. The molecule has 5 nitrogen and oxygen atoms in total. The molecule has 0 saturated carbocycles. The second-order valence-corrected chi connectivity index (χ2v) is 3.93. The highest BCUT2D eigenvalue weighted by Crippen LogP contribution is 2.23. The minimum absolute atomic E-state index is 0.390. The molecular weight excluding hydrogens is 206 g/mol. The molecule has 5 heteroatoms. The maximum atomic E-state index is 6.15. The Hall–Kier alpha value is -0.940. The van der Waals surface area contributed by atoms with E-state index < -0.39 is 5.54 Å². The average Bonchev–Trinajstić information content (AvgIpc) is 2.78. The van der Waals surface area contributed by atoms with Crippen LogP contribution in [0.5, 0.6) is 0 Å². The van der Waals surface area contributed by atoms with Gasteiger partial charge in [-0.25, -0.2) is 0 Å². The van der Waals surface area contributed by atoms with Crippen LogP contribution in [-0.4, -0.2) is 16.7 Å². The van der Waals surface area contributed by atoms with Crippen LogP contribution in [0.3, 0.4) is 0 Å². The molecule has 0 spiro atoms. The summed E-state index contributed by atoms with van der Waals surface area (Å²) < 4.78 is 10.5. The molecule has 92 valence electrons. The molecule has 0 amide bonds. The first-order chi connectivity index (χ1) is 7.66. The van der Waals surface area contributed by atoms with Crippen molar-refractivity contribution >= 4 is 0 Å². The van der Waals surface area contributed by atoms with E-state index in [1.54, 1.807) is 0 Å². The van der Waals surface area contributed by atoms with Crippen molar-refractivity contribution in [1.82, 2.24) is 10.1 Å². The lowest BCUT2D eigenvalue weighted by Gasteiger charge is -2.20. The van der Waals surface area contributed by atoms with Crippen LogP contribution in [-0.2, 0) is 16.9 Å². The van der Waals surface area contributed by atoms with Gasteiger partial charge < -0.3 is 15.0 Å². The van der Waals surface area contributed by atoms with Crippen LogP contribution in [0.2, 0.25) is 0 Å². The van der Waals surface area contributed by atoms with Crippen molar-refractivity contribution in [3.05, 3.63) is 11.7 Å². The lowest BCUT2D eigenvalue weighted by Crippen LogP contribution is -2.35. The quantitative estimate of drug-likeness (QED) is 0.721. The Balaban J connectivity index is 2.63. The molecule has 0 bridgehead atoms. The highest BCUT2D eigenvalue weighted by Gasteiger charge is 2.29. The predicted molar refractivity (Wildman–Crippen MR) is 60.7 cm³/mol. The summed E-state index contributed by atoms with van der Waals surface area (Å²) >= 11 is 0. The van der Waals surface area contributed by atoms with E-state index in [0.29, 0.717) is 24.9 Å². The largest absolute Gasteiger partial charge is 0.373 e. The van der Waals surface area contributed by atoms with E-state index in [1.807, 2.05) is 13.8 Å². The first kappa shape index (κ1) is 13.1. The standard InChI is InChI=1S/C11H21N3O2/c1-4-7-15-8-9-13-10(16-14-9)11(12,5-2)6-3/h4-8,12H2,1-3H3. The van der Waals surface area contributed by atoms with Crippen LogP contribution in [0.25, 0.3) is 0 Å². The van der Waals surface area contributed by atoms with Gasteiger partial charge in [-0.15, -0.1) is 0 Å². The zero-order valence-electron chi connectivity index (χ0n) is 10.3. The van der Waals surface area contributed by atoms with E-state index in [0.717, 1.165) is 19.3 Å². The second-order valence-electron chi connectivity index (χ2n) is 3.93. The van der Waals surface area contributed by atoms with E-state index >= 15 is 0 Å². The van der Waals surface area contributed by atoms with Crippen LogP contribution < -0.4 is 5.73 Å². The molecule has 0 aliphatic heterocycles. The lowest BCUT2D eigenvalue weighted by atomic mass is 9.94. The number of nitrogens with two attached hydrogens (primary N) is 1. The van der Waals surface area contributed by atoms with Gasteiger partial charge in [-0.3, -0.25) is 0 Å². The third kappa shape index (κ3) is 3.02. The van der Waals surface area contributed by atoms with Crippen molar-refractivity contribution in [3.8, 4) is 0 Å². The summed E-state index contributed by atoms with van der Waals surface area (Å²) in [5, 5.41) is 3.86. The molecule has 1 aromatic heterocycles. The van der Waals surface area contributed by atoms with Crippen LogP contribution in [0.15, 0.2) is 4.52 Å². The Morgan fingerprint density at radius 2 is 2.00 bits per heavy atom. The third-order valence-corrected chi connectivity index (χ3v) is 2.74. The molecular formula is C11H21N3O2. The van der Waals surface area contributed by atoms with Crippen molar-refractivity contribution in [3.63, 3.8) is 0 Å². The predicted octanol–water partition coefficient (Wildman–Crippen LogP) is 1.97. The zero-order chi connectivity index (χ0) is 12.0. The zero-order valence-corrected chi connectivity index (χ0v) is 10.3. The van der Waals surface area contributed by atoms with Gasteiger partial charge in [0.1, 0.15) is 6.61 Å². The van der Waals surface area contributed by atoms with Crippen molar-refractivity contribution in [2.24, 2.45) is 5.73 Å². The molecule has 0 saturated heterocycles. The highest BCUT2D eigenvalue weighted by atomic mass is 16.5. The maximum Gasteiger partial charge on any atom is 0.246 e. The molecule has 0 atom stereocenters. The van der Waals surface area contributed by atoms with Crippen LogP contribution in [0.1, 0.15) is 51.7 Å². The Morgan fingerprint density at radius 3 is 2.56 bits per heavy atom. The summed E-state index contributed by atoms with van der Waals surface area (Å²) in [4.78, 5) is 4.27. The first-order valence-corrected chi connectivity index (χ1v) is 5.86. The average molecular weight is 227 g/mol. The summed E-state index contributed by atoms with van der Waals surface area (Å²) in [6.07, 6.45) is 2.54. The number of nitrogens with zero attached hydrogens (tertiary/aromatic N) is 2. The number of rotatable bonds is 7. The van der Waals surface area contributed by atoms with E-state index in [4.69, 9.17) is 15.0 Å². The SMILES string of the molecule is CCCOCc1noc(C(N)(CC)CC)n1. The number of ether oxygens (including phenoxy) is 1. The fourth-order valence-corrected chi connectivity index (χ4v) is 1.38. The second kappa shape index (κ2) is 5.96. The maximum absolute atomic E-state index is 6.15.